The molecule has 0 saturated carbocycles. The first kappa shape index (κ1) is 27.0. The van der Waals surface area contributed by atoms with E-state index in [0.29, 0.717) is 13.2 Å². The molecule has 32 heavy (non-hydrogen) atoms. The first-order valence-electron chi connectivity index (χ1n) is 7.79. The number of hydrogen-bond donors (Lipinski definition) is 0. The standard InChI is InChI=1S/C16H8F2I3NO9S/c17-16(18,32(27,28)29)6-30-14(23)9-5-8(1-2-12(9)22(25)26)31-15(24)13-10(20)3-7(19)4-11(13)21/h1-5H,6H2,(H,27,28,29)/p-1. The van der Waals surface area contributed by atoms with E-state index in [9.17, 15) is 41.5 Å². The van der Waals surface area contributed by atoms with Gasteiger partial charge in [0.15, 0.2) is 16.7 Å². The van der Waals surface area contributed by atoms with Gasteiger partial charge in [0.25, 0.3) is 5.69 Å². The van der Waals surface area contributed by atoms with Crippen LogP contribution in [-0.4, -0.2) is 41.7 Å². The fraction of sp³-hybridized carbons (Fsp3) is 0.125. The summed E-state index contributed by atoms with van der Waals surface area (Å²) in [6.45, 7) is -2.15. The number of carbonyl (C=O) groups is 2. The van der Waals surface area contributed by atoms with Gasteiger partial charge >= 0.3 is 17.2 Å². The van der Waals surface area contributed by atoms with Gasteiger partial charge in [-0.1, -0.05) is 0 Å². The molecule has 2 aromatic carbocycles. The monoisotopic (exact) mass is 808 g/mol. The van der Waals surface area contributed by atoms with Crippen LogP contribution in [0.4, 0.5) is 14.5 Å². The number of benzene rings is 2. The number of rotatable bonds is 7. The van der Waals surface area contributed by atoms with E-state index in [0.717, 1.165) is 15.7 Å². The van der Waals surface area contributed by atoms with Gasteiger partial charge in [0, 0.05) is 22.8 Å². The van der Waals surface area contributed by atoms with Gasteiger partial charge in [-0.15, -0.1) is 0 Å². The smallest absolute Gasteiger partial charge is 0.367 e. The number of ether oxygens (including phenoxy) is 2. The van der Waals surface area contributed by atoms with E-state index in [1.54, 1.807) is 12.1 Å². The highest BCUT2D eigenvalue weighted by Crippen LogP contribution is 2.29. The van der Waals surface area contributed by atoms with E-state index in [2.05, 4.69) is 4.74 Å². The number of carbonyl (C=O) groups excluding carboxylic acids is 2. The van der Waals surface area contributed by atoms with Crippen LogP contribution in [0.15, 0.2) is 30.3 Å². The maximum Gasteiger partial charge on any atom is 0.367 e. The molecular weight excluding hydrogens is 801 g/mol. The van der Waals surface area contributed by atoms with Crippen molar-refractivity contribution in [2.45, 2.75) is 5.25 Å². The van der Waals surface area contributed by atoms with Gasteiger partial charge in [0.2, 0.25) is 0 Å². The minimum absolute atomic E-state index is 0.189. The van der Waals surface area contributed by atoms with E-state index >= 15 is 0 Å². The summed E-state index contributed by atoms with van der Waals surface area (Å²) < 4.78 is 69.1. The molecule has 0 amide bonds. The Morgan fingerprint density at radius 3 is 2.12 bits per heavy atom. The fourth-order valence-corrected chi connectivity index (χ4v) is 6.32. The van der Waals surface area contributed by atoms with Crippen LogP contribution in [0.1, 0.15) is 20.7 Å². The largest absolute Gasteiger partial charge is 0.743 e. The molecule has 172 valence electrons. The Labute approximate surface area is 219 Å². The SMILES string of the molecule is O=C(OCC(F)(F)S(=O)(=O)[O-])c1cc(OC(=O)c2c(I)cc(I)cc2I)ccc1[N+](=O)[O-]. The Bertz CT molecular complexity index is 1200. The zero-order chi connectivity index (χ0) is 24.4. The number of nitro groups is 1. The summed E-state index contributed by atoms with van der Waals surface area (Å²) in [7, 11) is -6.14. The molecule has 0 N–H and O–H groups in total. The van der Waals surface area contributed by atoms with Crippen LogP contribution in [0.3, 0.4) is 0 Å². The van der Waals surface area contributed by atoms with Gasteiger partial charge < -0.3 is 14.0 Å². The normalized spacial score (nSPS) is 11.7. The summed E-state index contributed by atoms with van der Waals surface area (Å²) in [5.74, 6) is -2.93. The Balaban J connectivity index is 2.35. The molecular formula is C16H7F2I3NO9S-. The van der Waals surface area contributed by atoms with Crippen molar-refractivity contribution in [1.82, 2.24) is 0 Å². The summed E-state index contributed by atoms with van der Waals surface area (Å²) >= 11 is 5.86. The summed E-state index contributed by atoms with van der Waals surface area (Å²) in [5, 5.41) is 6.21. The van der Waals surface area contributed by atoms with Crippen LogP contribution in [-0.2, 0) is 14.9 Å². The van der Waals surface area contributed by atoms with E-state index in [1.807, 2.05) is 67.8 Å². The lowest BCUT2D eigenvalue weighted by Gasteiger charge is -2.19. The average molecular weight is 808 g/mol. The van der Waals surface area contributed by atoms with Gasteiger partial charge in [0.1, 0.15) is 11.3 Å². The predicted octanol–water partition coefficient (Wildman–Crippen LogP) is 3.92. The highest BCUT2D eigenvalue weighted by molar-refractivity contribution is 14.1. The van der Waals surface area contributed by atoms with Gasteiger partial charge in [-0.2, -0.15) is 8.78 Å². The highest BCUT2D eigenvalue weighted by atomic mass is 127. The van der Waals surface area contributed by atoms with Crippen LogP contribution >= 0.6 is 67.8 Å². The fourth-order valence-electron chi connectivity index (χ4n) is 2.10. The molecule has 10 nitrogen and oxygen atoms in total. The Hall–Kier alpha value is -1.26. The summed E-state index contributed by atoms with van der Waals surface area (Å²) in [4.78, 5) is 34.8. The van der Waals surface area contributed by atoms with Crippen LogP contribution < -0.4 is 4.74 Å². The Kier molecular flexibility index (Phi) is 8.72. The molecule has 0 aliphatic rings. The average Bonchev–Trinajstić information content (AvgIpc) is 2.64. The van der Waals surface area contributed by atoms with Crippen molar-refractivity contribution in [3.63, 3.8) is 0 Å². The highest BCUT2D eigenvalue weighted by Gasteiger charge is 2.40. The van der Waals surface area contributed by atoms with Crippen molar-refractivity contribution in [2.24, 2.45) is 0 Å². The number of alkyl halides is 2. The lowest BCUT2D eigenvalue weighted by Crippen LogP contribution is -2.34. The third-order valence-corrected chi connectivity index (χ3v) is 6.72. The molecule has 0 aromatic heterocycles. The number of esters is 2. The van der Waals surface area contributed by atoms with Crippen molar-refractivity contribution in [1.29, 1.82) is 0 Å². The summed E-state index contributed by atoms with van der Waals surface area (Å²) in [6, 6.07) is 5.86. The molecule has 0 bridgehead atoms. The minimum Gasteiger partial charge on any atom is -0.743 e. The van der Waals surface area contributed by atoms with Crippen LogP contribution in [0.5, 0.6) is 5.75 Å². The van der Waals surface area contributed by atoms with E-state index in [-0.39, 0.29) is 11.3 Å². The van der Waals surface area contributed by atoms with Crippen molar-refractivity contribution >= 4 is 95.5 Å². The molecule has 0 spiro atoms. The van der Waals surface area contributed by atoms with Crippen LogP contribution in [0.25, 0.3) is 0 Å². The third-order valence-electron chi connectivity index (χ3n) is 3.54. The second-order valence-corrected chi connectivity index (χ2v) is 10.8. The molecule has 2 aromatic rings. The van der Waals surface area contributed by atoms with E-state index in [1.165, 1.54) is 0 Å². The topological polar surface area (TPSA) is 153 Å². The lowest BCUT2D eigenvalue weighted by atomic mass is 10.1. The number of halogens is 5. The van der Waals surface area contributed by atoms with Gasteiger partial charge in [-0.25, -0.2) is 18.0 Å². The maximum absolute atomic E-state index is 13.2. The molecule has 0 heterocycles. The molecule has 0 atom stereocenters. The first-order chi connectivity index (χ1) is 14.6. The zero-order valence-corrected chi connectivity index (χ0v) is 22.3. The molecule has 0 saturated heterocycles. The lowest BCUT2D eigenvalue weighted by molar-refractivity contribution is -0.385. The van der Waals surface area contributed by atoms with Crippen molar-refractivity contribution in [3.8, 4) is 5.75 Å². The van der Waals surface area contributed by atoms with E-state index in [4.69, 9.17) is 4.74 Å². The van der Waals surface area contributed by atoms with E-state index < -0.39 is 50.1 Å². The van der Waals surface area contributed by atoms with Crippen molar-refractivity contribution in [3.05, 3.63) is 62.3 Å². The number of hydrogen-bond acceptors (Lipinski definition) is 9. The Morgan fingerprint density at radius 1 is 1.06 bits per heavy atom. The van der Waals surface area contributed by atoms with Crippen LogP contribution in [0.2, 0.25) is 0 Å². The van der Waals surface area contributed by atoms with Crippen LogP contribution in [0, 0.1) is 20.8 Å². The number of nitrogens with zero attached hydrogens (tertiary/aromatic N) is 1. The molecule has 0 fully saturated rings. The number of nitro benzene ring substituents is 1. The molecule has 0 aliphatic heterocycles. The minimum atomic E-state index is -6.14. The van der Waals surface area contributed by atoms with Crippen molar-refractivity contribution in [2.75, 3.05) is 6.61 Å². The van der Waals surface area contributed by atoms with Gasteiger partial charge in [-0.3, -0.25) is 10.1 Å². The third kappa shape index (κ3) is 6.41. The van der Waals surface area contributed by atoms with Gasteiger partial charge in [-0.05, 0) is 86.0 Å². The zero-order valence-electron chi connectivity index (χ0n) is 15.0. The second-order valence-electron chi connectivity index (χ2n) is 5.74. The molecule has 0 unspecified atom stereocenters. The predicted molar refractivity (Wildman–Crippen MR) is 128 cm³/mol. The Morgan fingerprint density at radius 2 is 1.62 bits per heavy atom. The quantitative estimate of drug-likeness (QED) is 0.101. The van der Waals surface area contributed by atoms with Gasteiger partial charge in [0.05, 0.1) is 10.5 Å². The molecule has 16 heteroatoms. The maximum atomic E-state index is 13.2. The molecule has 2 rings (SSSR count). The first-order valence-corrected chi connectivity index (χ1v) is 12.4. The molecule has 0 aliphatic carbocycles. The van der Waals surface area contributed by atoms with Crippen molar-refractivity contribution < 1.29 is 45.7 Å². The summed E-state index contributed by atoms with van der Waals surface area (Å²) in [5.41, 5.74) is -1.60. The summed E-state index contributed by atoms with van der Waals surface area (Å²) in [6.07, 6.45) is 0. The second kappa shape index (κ2) is 10.3. The molecule has 0 radical (unpaired) electrons.